The van der Waals surface area contributed by atoms with Crippen molar-refractivity contribution in [3.8, 4) is 5.75 Å². The molecule has 4 rings (SSSR count). The first kappa shape index (κ1) is 16.9. The molecule has 1 N–H and O–H groups in total. The second-order valence-electron chi connectivity index (χ2n) is 6.89. The third-order valence-electron chi connectivity index (χ3n) is 5.04. The Morgan fingerprint density at radius 1 is 1.08 bits per heavy atom. The Labute approximate surface area is 152 Å². The molecule has 0 spiro atoms. The summed E-state index contributed by atoms with van der Waals surface area (Å²) in [6.07, 6.45) is 4.85. The van der Waals surface area contributed by atoms with Crippen molar-refractivity contribution in [1.29, 1.82) is 0 Å². The molecule has 1 aliphatic heterocycles. The van der Waals surface area contributed by atoms with Crippen LogP contribution in [-0.4, -0.2) is 37.6 Å². The van der Waals surface area contributed by atoms with E-state index >= 15 is 0 Å². The Bertz CT molecular complexity index is 924. The molecule has 1 amide bonds. The molecule has 2 heterocycles. The number of furan rings is 1. The molecule has 0 atom stereocenters. The highest BCUT2D eigenvalue weighted by atomic mass is 16.5. The first-order chi connectivity index (χ1) is 12.7. The van der Waals surface area contributed by atoms with Gasteiger partial charge in [0.05, 0.1) is 19.3 Å². The number of benzene rings is 2. The number of para-hydroxylation sites is 1. The summed E-state index contributed by atoms with van der Waals surface area (Å²) in [5.41, 5.74) is 2.23. The Morgan fingerprint density at radius 3 is 2.62 bits per heavy atom. The third-order valence-corrected chi connectivity index (χ3v) is 5.04. The topological polar surface area (TPSA) is 54.7 Å². The second kappa shape index (κ2) is 7.38. The number of amides is 1. The molecular formula is C21H24N2O3. The van der Waals surface area contributed by atoms with Gasteiger partial charge in [-0.25, -0.2) is 0 Å². The molecule has 0 aliphatic carbocycles. The largest absolute Gasteiger partial charge is 0.495 e. The maximum Gasteiger partial charge on any atom is 0.238 e. The van der Waals surface area contributed by atoms with E-state index in [-0.39, 0.29) is 5.91 Å². The maximum absolute atomic E-state index is 12.5. The number of nitrogens with zero attached hydrogens (tertiary/aromatic N) is 1. The van der Waals surface area contributed by atoms with Gasteiger partial charge in [-0.2, -0.15) is 0 Å². The number of carbonyl (C=O) groups excluding carboxylic acids is 1. The van der Waals surface area contributed by atoms with Crippen LogP contribution in [0.2, 0.25) is 0 Å². The average Bonchev–Trinajstić information content (AvgIpc) is 2.80. The van der Waals surface area contributed by atoms with Crippen LogP contribution >= 0.6 is 0 Å². The van der Waals surface area contributed by atoms with Gasteiger partial charge in [0.1, 0.15) is 16.9 Å². The van der Waals surface area contributed by atoms with Gasteiger partial charge in [0.25, 0.3) is 0 Å². The number of nitrogens with one attached hydrogen (secondary N) is 1. The lowest BCUT2D eigenvalue weighted by Crippen LogP contribution is -2.34. The molecule has 1 aromatic heterocycles. The summed E-state index contributed by atoms with van der Waals surface area (Å²) in [7, 11) is 1.62. The molecule has 3 aromatic rings. The molecule has 5 heteroatoms. The van der Waals surface area contributed by atoms with Crippen LogP contribution in [0, 0.1) is 0 Å². The number of hydrogen-bond donors (Lipinski definition) is 1. The number of hydrogen-bond acceptors (Lipinski definition) is 4. The number of likely N-dealkylation sites (tertiary alicyclic amines) is 1. The number of anilines is 1. The summed E-state index contributed by atoms with van der Waals surface area (Å²) in [5, 5.41) is 5.03. The van der Waals surface area contributed by atoms with Crippen LogP contribution in [0.5, 0.6) is 5.75 Å². The van der Waals surface area contributed by atoms with Gasteiger partial charge in [0.15, 0.2) is 0 Å². The monoisotopic (exact) mass is 352 g/mol. The van der Waals surface area contributed by atoms with Crippen molar-refractivity contribution in [3.05, 3.63) is 36.4 Å². The number of rotatable bonds is 4. The summed E-state index contributed by atoms with van der Waals surface area (Å²) in [6, 6.07) is 11.7. The molecule has 1 saturated heterocycles. The highest BCUT2D eigenvalue weighted by Crippen LogP contribution is 2.36. The fourth-order valence-electron chi connectivity index (χ4n) is 3.71. The van der Waals surface area contributed by atoms with E-state index in [2.05, 4.69) is 10.2 Å². The van der Waals surface area contributed by atoms with Crippen LogP contribution in [0.15, 0.2) is 40.8 Å². The normalized spacial score (nSPS) is 15.9. The van der Waals surface area contributed by atoms with Crippen molar-refractivity contribution in [3.63, 3.8) is 0 Å². The van der Waals surface area contributed by atoms with Crippen molar-refractivity contribution in [2.45, 2.75) is 25.7 Å². The first-order valence-electron chi connectivity index (χ1n) is 9.26. The van der Waals surface area contributed by atoms with Gasteiger partial charge >= 0.3 is 0 Å². The predicted molar refractivity (Wildman–Crippen MR) is 104 cm³/mol. The fourth-order valence-corrected chi connectivity index (χ4v) is 3.71. The van der Waals surface area contributed by atoms with Crippen LogP contribution in [-0.2, 0) is 4.79 Å². The van der Waals surface area contributed by atoms with Gasteiger partial charge in [-0.1, -0.05) is 31.0 Å². The predicted octanol–water partition coefficient (Wildman–Crippen LogP) is 4.41. The Kier molecular flexibility index (Phi) is 4.80. The van der Waals surface area contributed by atoms with Crippen molar-refractivity contribution < 1.29 is 13.9 Å². The van der Waals surface area contributed by atoms with Crippen LogP contribution in [0.3, 0.4) is 0 Å². The zero-order valence-corrected chi connectivity index (χ0v) is 15.1. The molecule has 0 unspecified atom stereocenters. The molecule has 1 aliphatic rings. The lowest BCUT2D eigenvalue weighted by Gasteiger charge is -2.19. The van der Waals surface area contributed by atoms with Gasteiger partial charge in [-0.3, -0.25) is 9.69 Å². The third kappa shape index (κ3) is 3.40. The molecular weight excluding hydrogens is 328 g/mol. The Hall–Kier alpha value is -2.53. The van der Waals surface area contributed by atoms with Gasteiger partial charge in [0, 0.05) is 16.8 Å². The second-order valence-corrected chi connectivity index (χ2v) is 6.89. The SMILES string of the molecule is COc1cc2c(cc1NC(=O)CN1CCCCCC1)oc1ccccc12. The molecule has 26 heavy (non-hydrogen) atoms. The van der Waals surface area contributed by atoms with Gasteiger partial charge in [-0.15, -0.1) is 0 Å². The molecule has 1 fully saturated rings. The highest BCUT2D eigenvalue weighted by Gasteiger charge is 2.16. The lowest BCUT2D eigenvalue weighted by atomic mass is 10.1. The molecule has 2 aromatic carbocycles. The highest BCUT2D eigenvalue weighted by molar-refractivity contribution is 6.07. The van der Waals surface area contributed by atoms with E-state index < -0.39 is 0 Å². The minimum atomic E-state index is -0.0133. The van der Waals surface area contributed by atoms with Crippen molar-refractivity contribution in [2.24, 2.45) is 0 Å². The van der Waals surface area contributed by atoms with Crippen molar-refractivity contribution in [2.75, 3.05) is 32.1 Å². The summed E-state index contributed by atoms with van der Waals surface area (Å²) in [4.78, 5) is 14.8. The summed E-state index contributed by atoms with van der Waals surface area (Å²) in [6.45, 7) is 2.40. The molecule has 0 bridgehead atoms. The van der Waals surface area contributed by atoms with E-state index in [0.717, 1.165) is 35.0 Å². The summed E-state index contributed by atoms with van der Waals surface area (Å²) in [5.74, 6) is 0.633. The van der Waals surface area contributed by atoms with E-state index in [1.807, 2.05) is 36.4 Å². The fraction of sp³-hybridized carbons (Fsp3) is 0.381. The quantitative estimate of drug-likeness (QED) is 0.756. The van der Waals surface area contributed by atoms with Gasteiger partial charge in [0.2, 0.25) is 5.91 Å². The van der Waals surface area contributed by atoms with Crippen molar-refractivity contribution in [1.82, 2.24) is 4.90 Å². The number of carbonyl (C=O) groups is 1. The van der Waals surface area contributed by atoms with E-state index in [1.54, 1.807) is 7.11 Å². The van der Waals surface area contributed by atoms with Crippen molar-refractivity contribution >= 4 is 33.5 Å². The minimum absolute atomic E-state index is 0.0133. The number of ether oxygens (including phenoxy) is 1. The van der Waals surface area contributed by atoms with Crippen LogP contribution in [0.4, 0.5) is 5.69 Å². The average molecular weight is 352 g/mol. The Morgan fingerprint density at radius 2 is 1.85 bits per heavy atom. The molecule has 0 saturated carbocycles. The van der Waals surface area contributed by atoms with E-state index in [4.69, 9.17) is 9.15 Å². The summed E-state index contributed by atoms with van der Waals surface area (Å²) < 4.78 is 11.4. The standard InChI is InChI=1S/C21H24N2O3/c1-25-20-12-16-15-8-4-5-9-18(15)26-19(16)13-17(20)22-21(24)14-23-10-6-2-3-7-11-23/h4-5,8-9,12-13H,2-3,6-7,10-11,14H2,1H3,(H,22,24). The first-order valence-corrected chi connectivity index (χ1v) is 9.26. The smallest absolute Gasteiger partial charge is 0.238 e. The lowest BCUT2D eigenvalue weighted by molar-refractivity contribution is -0.117. The number of methoxy groups -OCH3 is 1. The zero-order valence-electron chi connectivity index (χ0n) is 15.1. The minimum Gasteiger partial charge on any atom is -0.495 e. The van der Waals surface area contributed by atoms with Gasteiger partial charge < -0.3 is 14.5 Å². The molecule has 136 valence electrons. The van der Waals surface area contributed by atoms with Crippen LogP contribution in [0.1, 0.15) is 25.7 Å². The van der Waals surface area contributed by atoms with Crippen LogP contribution < -0.4 is 10.1 Å². The molecule has 0 radical (unpaired) electrons. The number of fused-ring (bicyclic) bond motifs is 3. The van der Waals surface area contributed by atoms with E-state index in [0.29, 0.717) is 18.0 Å². The van der Waals surface area contributed by atoms with E-state index in [1.165, 1.54) is 25.7 Å². The zero-order chi connectivity index (χ0) is 17.9. The van der Waals surface area contributed by atoms with E-state index in [9.17, 15) is 4.79 Å². The maximum atomic E-state index is 12.5. The van der Waals surface area contributed by atoms with Gasteiger partial charge in [-0.05, 0) is 38.1 Å². The van der Waals surface area contributed by atoms with Crippen LogP contribution in [0.25, 0.3) is 21.9 Å². The summed E-state index contributed by atoms with van der Waals surface area (Å²) >= 11 is 0. The molecule has 5 nitrogen and oxygen atoms in total. The Balaban J connectivity index is 1.58.